The first-order valence-electron chi connectivity index (χ1n) is 9.64. The third-order valence-corrected chi connectivity index (χ3v) is 7.58. The summed E-state index contributed by atoms with van der Waals surface area (Å²) in [6.45, 7) is 2.00. The Hall–Kier alpha value is -2.97. The van der Waals surface area contributed by atoms with E-state index in [1.54, 1.807) is 40.9 Å². The number of nitrogens with zero attached hydrogens (tertiary/aromatic N) is 1. The van der Waals surface area contributed by atoms with E-state index in [1.165, 1.54) is 19.2 Å². The number of methoxy groups -OCH3 is 1. The smallest absolute Gasteiger partial charge is 0.261 e. The van der Waals surface area contributed by atoms with Crippen LogP contribution >= 0.6 is 11.8 Å². The summed E-state index contributed by atoms with van der Waals surface area (Å²) in [5, 5.41) is -0.151. The van der Waals surface area contributed by atoms with Crippen LogP contribution in [0.5, 0.6) is 5.75 Å². The fraction of sp³-hybridized carbons (Fsp3) is 0.174. The first-order valence-corrected chi connectivity index (χ1v) is 12.2. The van der Waals surface area contributed by atoms with E-state index in [4.69, 9.17) is 4.74 Å². The number of thioether (sulfide) groups is 1. The molecule has 0 saturated carbocycles. The molecule has 1 N–H and O–H groups in total. The first-order chi connectivity index (χ1) is 14.9. The minimum absolute atomic E-state index is 0.0601. The van der Waals surface area contributed by atoms with Crippen LogP contribution in [0.4, 0.5) is 11.4 Å². The van der Waals surface area contributed by atoms with Crippen molar-refractivity contribution in [3.63, 3.8) is 0 Å². The second-order valence-corrected chi connectivity index (χ2v) is 9.92. The zero-order valence-electron chi connectivity index (χ0n) is 17.1. The molecule has 4 rings (SSSR count). The van der Waals surface area contributed by atoms with Gasteiger partial charge in [0, 0.05) is 11.4 Å². The van der Waals surface area contributed by atoms with Crippen molar-refractivity contribution in [1.82, 2.24) is 0 Å². The zero-order valence-corrected chi connectivity index (χ0v) is 18.7. The van der Waals surface area contributed by atoms with Crippen LogP contribution in [-0.2, 0) is 14.8 Å². The lowest BCUT2D eigenvalue weighted by atomic mass is 10.1. The molecule has 3 aromatic rings. The molecule has 1 aliphatic heterocycles. The normalized spacial score (nSPS) is 16.4. The molecular weight excluding hydrogens is 432 g/mol. The number of hydrogen-bond acceptors (Lipinski definition) is 5. The molecule has 31 heavy (non-hydrogen) atoms. The molecule has 1 amide bonds. The minimum atomic E-state index is -3.71. The van der Waals surface area contributed by atoms with Gasteiger partial charge < -0.3 is 4.74 Å². The number of anilines is 2. The van der Waals surface area contributed by atoms with Crippen molar-refractivity contribution in [3.05, 3.63) is 83.9 Å². The number of aryl methyl sites for hydroxylation is 1. The van der Waals surface area contributed by atoms with Crippen molar-refractivity contribution in [1.29, 1.82) is 0 Å². The summed E-state index contributed by atoms with van der Waals surface area (Å²) in [6, 6.07) is 21.2. The van der Waals surface area contributed by atoms with Crippen LogP contribution in [0.2, 0.25) is 0 Å². The van der Waals surface area contributed by atoms with E-state index in [9.17, 15) is 13.2 Å². The first kappa shape index (κ1) is 21.3. The van der Waals surface area contributed by atoms with E-state index in [-0.39, 0.29) is 16.2 Å². The van der Waals surface area contributed by atoms with Crippen LogP contribution in [-0.4, -0.2) is 27.2 Å². The lowest BCUT2D eigenvalue weighted by Gasteiger charge is -2.25. The van der Waals surface area contributed by atoms with Gasteiger partial charge in [0.15, 0.2) is 0 Å². The molecule has 0 aliphatic carbocycles. The Morgan fingerprint density at radius 1 is 1.03 bits per heavy atom. The standard InChI is InChI=1S/C23H22N2O4S2/c1-16-4-3-5-19(14-16)25-22(26)15-30-23(25)17-6-8-18(9-7-17)24-31(27,28)21-12-10-20(29-2)11-13-21/h3-14,23-24H,15H2,1-2H3. The number of nitrogens with one attached hydrogen (secondary N) is 1. The third kappa shape index (κ3) is 4.55. The van der Waals surface area contributed by atoms with Crippen molar-refractivity contribution in [3.8, 4) is 5.75 Å². The predicted octanol–water partition coefficient (Wildman–Crippen LogP) is 4.58. The topological polar surface area (TPSA) is 75.7 Å². The Bertz CT molecular complexity index is 1190. The van der Waals surface area contributed by atoms with Gasteiger partial charge in [-0.2, -0.15) is 0 Å². The predicted molar refractivity (Wildman–Crippen MR) is 124 cm³/mol. The highest BCUT2D eigenvalue weighted by molar-refractivity contribution is 8.00. The number of carbonyl (C=O) groups is 1. The highest BCUT2D eigenvalue weighted by Gasteiger charge is 2.34. The van der Waals surface area contributed by atoms with Gasteiger partial charge in [-0.1, -0.05) is 24.3 Å². The van der Waals surface area contributed by atoms with Crippen LogP contribution in [0.3, 0.4) is 0 Å². The highest BCUT2D eigenvalue weighted by atomic mass is 32.2. The third-order valence-electron chi connectivity index (χ3n) is 4.97. The molecule has 0 aromatic heterocycles. The number of ether oxygens (including phenoxy) is 1. The summed E-state index contributed by atoms with van der Waals surface area (Å²) in [5.41, 5.74) is 3.34. The minimum Gasteiger partial charge on any atom is -0.497 e. The van der Waals surface area contributed by atoms with Crippen molar-refractivity contribution in [2.75, 3.05) is 22.5 Å². The van der Waals surface area contributed by atoms with Crippen LogP contribution < -0.4 is 14.4 Å². The van der Waals surface area contributed by atoms with Crippen LogP contribution in [0, 0.1) is 6.92 Å². The van der Waals surface area contributed by atoms with E-state index in [0.717, 1.165) is 16.8 Å². The van der Waals surface area contributed by atoms with Gasteiger partial charge in [0.2, 0.25) is 5.91 Å². The zero-order chi connectivity index (χ0) is 22.0. The van der Waals surface area contributed by atoms with Gasteiger partial charge in [0.1, 0.15) is 11.1 Å². The molecule has 0 spiro atoms. The lowest BCUT2D eigenvalue weighted by Crippen LogP contribution is -2.27. The van der Waals surface area contributed by atoms with Gasteiger partial charge in [-0.3, -0.25) is 14.4 Å². The number of carbonyl (C=O) groups excluding carboxylic acids is 1. The Labute approximate surface area is 186 Å². The molecule has 160 valence electrons. The van der Waals surface area contributed by atoms with Gasteiger partial charge in [-0.25, -0.2) is 8.42 Å². The quantitative estimate of drug-likeness (QED) is 0.590. The number of rotatable bonds is 6. The molecule has 0 radical (unpaired) electrons. The van der Waals surface area contributed by atoms with Crippen LogP contribution in [0.15, 0.2) is 77.7 Å². The molecule has 1 saturated heterocycles. The summed E-state index contributed by atoms with van der Waals surface area (Å²) < 4.78 is 33.0. The fourth-order valence-electron chi connectivity index (χ4n) is 3.41. The van der Waals surface area contributed by atoms with E-state index in [1.807, 2.05) is 43.3 Å². The van der Waals surface area contributed by atoms with E-state index >= 15 is 0 Å². The molecule has 0 bridgehead atoms. The van der Waals surface area contributed by atoms with Gasteiger partial charge in [0.05, 0.1) is 17.8 Å². The van der Waals surface area contributed by atoms with Gasteiger partial charge in [-0.05, 0) is 66.6 Å². The Morgan fingerprint density at radius 3 is 2.39 bits per heavy atom. The monoisotopic (exact) mass is 454 g/mol. The van der Waals surface area contributed by atoms with E-state index in [0.29, 0.717) is 17.2 Å². The van der Waals surface area contributed by atoms with E-state index in [2.05, 4.69) is 4.72 Å². The summed E-state index contributed by atoms with van der Waals surface area (Å²) in [7, 11) is -2.19. The molecule has 1 aliphatic rings. The maximum Gasteiger partial charge on any atom is 0.261 e. The second-order valence-electron chi connectivity index (χ2n) is 7.17. The average Bonchev–Trinajstić information content (AvgIpc) is 3.15. The average molecular weight is 455 g/mol. The maximum atomic E-state index is 12.6. The largest absolute Gasteiger partial charge is 0.497 e. The maximum absolute atomic E-state index is 12.6. The van der Waals surface area contributed by atoms with Crippen molar-refractivity contribution < 1.29 is 17.9 Å². The fourth-order valence-corrected chi connectivity index (χ4v) is 5.65. The number of amides is 1. The molecule has 8 heteroatoms. The van der Waals surface area contributed by atoms with Crippen molar-refractivity contribution >= 4 is 39.1 Å². The van der Waals surface area contributed by atoms with E-state index < -0.39 is 10.0 Å². The molecule has 1 unspecified atom stereocenters. The molecule has 1 heterocycles. The molecule has 1 atom stereocenters. The summed E-state index contributed by atoms with van der Waals surface area (Å²) in [4.78, 5) is 14.5. The number of hydrogen-bond donors (Lipinski definition) is 1. The van der Waals surface area contributed by atoms with Crippen molar-refractivity contribution in [2.45, 2.75) is 17.2 Å². The van der Waals surface area contributed by atoms with Gasteiger partial charge in [-0.15, -0.1) is 11.8 Å². The van der Waals surface area contributed by atoms with Crippen molar-refractivity contribution in [2.24, 2.45) is 0 Å². The lowest BCUT2D eigenvalue weighted by molar-refractivity contribution is -0.115. The molecule has 3 aromatic carbocycles. The second kappa shape index (κ2) is 8.64. The van der Waals surface area contributed by atoms with Gasteiger partial charge >= 0.3 is 0 Å². The molecule has 1 fully saturated rings. The number of sulfonamides is 1. The molecule has 6 nitrogen and oxygen atoms in total. The Balaban J connectivity index is 1.54. The molecular formula is C23H22N2O4S2. The summed E-state index contributed by atoms with van der Waals surface area (Å²) in [6.07, 6.45) is 0. The van der Waals surface area contributed by atoms with Crippen LogP contribution in [0.25, 0.3) is 0 Å². The summed E-state index contributed by atoms with van der Waals surface area (Å²) >= 11 is 1.56. The SMILES string of the molecule is COc1ccc(S(=O)(=O)Nc2ccc(C3SCC(=O)N3c3cccc(C)c3)cc2)cc1. The Kier molecular flexibility index (Phi) is 5.93. The van der Waals surface area contributed by atoms with Crippen LogP contribution in [0.1, 0.15) is 16.5 Å². The number of benzene rings is 3. The summed E-state index contributed by atoms with van der Waals surface area (Å²) in [5.74, 6) is 1.06. The Morgan fingerprint density at radius 2 is 1.74 bits per heavy atom. The highest BCUT2D eigenvalue weighted by Crippen LogP contribution is 2.42. The van der Waals surface area contributed by atoms with Gasteiger partial charge in [0.25, 0.3) is 10.0 Å².